The zero-order valence-corrected chi connectivity index (χ0v) is 14.4. The molecule has 0 bridgehead atoms. The second-order valence-electron chi connectivity index (χ2n) is 7.10. The molecule has 0 saturated carbocycles. The number of hydrogen-bond donors (Lipinski definition) is 0. The highest BCUT2D eigenvalue weighted by molar-refractivity contribution is 14.2. The average Bonchev–Trinajstić information content (AvgIpc) is 1.77. The second kappa shape index (κ2) is 3.87. The number of rotatable bonds is 0. The van der Waals surface area contributed by atoms with E-state index in [4.69, 9.17) is 0 Å². The van der Waals surface area contributed by atoms with E-state index in [1.165, 1.54) is 0 Å². The largest absolute Gasteiger partial charge is 0.156 e. The van der Waals surface area contributed by atoms with Crippen LogP contribution in [0.3, 0.4) is 0 Å². The maximum atomic E-state index is 2.81. The highest BCUT2D eigenvalue weighted by atomic mass is 127. The summed E-state index contributed by atoms with van der Waals surface area (Å²) in [4.78, 5) is -1.05. The summed E-state index contributed by atoms with van der Waals surface area (Å²) in [5, 5.41) is 1.26. The molecule has 0 fully saturated rings. The molecule has 0 heterocycles. The molecule has 14 heavy (non-hydrogen) atoms. The Kier molecular flexibility index (Phi) is 4.19. The Bertz CT molecular complexity index is 164. The highest BCUT2D eigenvalue weighted by Crippen LogP contribution is 2.88. The summed E-state index contributed by atoms with van der Waals surface area (Å²) in [5.41, 5.74) is 0. The minimum atomic E-state index is -1.05. The monoisotopic (exact) mass is 329 g/mol. The topological polar surface area (TPSA) is 0 Å². The Balaban J connectivity index is 5.54. The fourth-order valence-electron chi connectivity index (χ4n) is 3.02. The van der Waals surface area contributed by atoms with Crippen LogP contribution in [-0.2, 0) is 0 Å². The minimum Gasteiger partial charge on any atom is -0.0253 e. The van der Waals surface area contributed by atoms with E-state index in [1.54, 1.807) is 0 Å². The summed E-state index contributed by atoms with van der Waals surface area (Å²) in [7, 11) is 0. The normalized spacial score (nSPS) is 15.9. The van der Waals surface area contributed by atoms with Gasteiger partial charge in [-0.2, -0.15) is 0 Å². The summed E-state index contributed by atoms with van der Waals surface area (Å²) >= 11 is 2.81. The third kappa shape index (κ3) is 2.45. The van der Waals surface area contributed by atoms with Gasteiger partial charge in [-0.05, 0) is 62.3 Å². The summed E-state index contributed by atoms with van der Waals surface area (Å²) in [5.74, 6) is 0. The Morgan fingerprint density at radius 3 is 0.714 bits per heavy atom. The fourth-order valence-corrected chi connectivity index (χ4v) is 9.06. The molecule has 0 rings (SSSR count). The van der Waals surface area contributed by atoms with Crippen LogP contribution in [0.15, 0.2) is 0 Å². The van der Waals surface area contributed by atoms with Crippen molar-refractivity contribution in [1.82, 2.24) is 0 Å². The zero-order chi connectivity index (χ0) is 12.0. The Morgan fingerprint density at radius 1 is 0.571 bits per heavy atom. The van der Waals surface area contributed by atoms with Crippen molar-refractivity contribution in [2.75, 3.05) is 0 Å². The van der Waals surface area contributed by atoms with E-state index in [0.29, 0.717) is 15.5 Å². The van der Waals surface area contributed by atoms with Crippen LogP contribution in [0.1, 0.15) is 62.3 Å². The molecule has 0 radical (unpaired) electrons. The molecule has 0 nitrogen and oxygen atoms in total. The lowest BCUT2D eigenvalue weighted by atomic mass is 10.2. The van der Waals surface area contributed by atoms with Crippen LogP contribution in [0.4, 0.5) is 0 Å². The van der Waals surface area contributed by atoms with E-state index in [0.717, 1.165) is 0 Å². The smallest absolute Gasteiger partial charge is 0.0253 e. The summed E-state index contributed by atoms with van der Waals surface area (Å²) in [6.45, 7) is 21.7. The van der Waals surface area contributed by atoms with Crippen molar-refractivity contribution < 1.29 is 0 Å². The van der Waals surface area contributed by atoms with Gasteiger partial charge in [-0.1, -0.05) is 0 Å². The van der Waals surface area contributed by atoms with Crippen molar-refractivity contribution in [3.63, 3.8) is 0 Å². The van der Waals surface area contributed by atoms with Crippen LogP contribution in [0.2, 0.25) is 0 Å². The predicted molar refractivity (Wildman–Crippen MR) is 80.2 cm³/mol. The molecule has 0 aromatic carbocycles. The molecule has 0 N–H and O–H groups in total. The average molecular weight is 329 g/mol. The zero-order valence-electron chi connectivity index (χ0n) is 11.3. The second-order valence-corrected chi connectivity index (χ2v) is 16.6. The van der Waals surface area contributed by atoms with Gasteiger partial charge < -0.3 is 0 Å². The van der Waals surface area contributed by atoms with Crippen molar-refractivity contribution in [3.05, 3.63) is 0 Å². The summed E-state index contributed by atoms with van der Waals surface area (Å²) in [6.07, 6.45) is 0. The van der Waals surface area contributed by atoms with Crippen molar-refractivity contribution >= 4 is 26.9 Å². The fraction of sp³-hybridized carbons (Fsp3) is 1.00. The Morgan fingerprint density at radius 2 is 0.714 bits per heavy atom. The van der Waals surface area contributed by atoms with Crippen molar-refractivity contribution in [3.8, 4) is 0 Å². The van der Waals surface area contributed by atoms with Gasteiger partial charge in [-0.3, -0.25) is 0 Å². The van der Waals surface area contributed by atoms with Gasteiger partial charge in [0.1, 0.15) is 0 Å². The molecule has 0 aliphatic heterocycles. The van der Waals surface area contributed by atoms with Crippen LogP contribution < -0.4 is 0 Å². The van der Waals surface area contributed by atoms with Gasteiger partial charge in [0.25, 0.3) is 0 Å². The molecule has 0 aromatic rings. The van der Waals surface area contributed by atoms with Crippen LogP contribution in [0.25, 0.3) is 0 Å². The SMILES string of the molecule is CC(C)(C)[P+](I)(C(C)(C)C)C(C)(C)C. The quantitative estimate of drug-likeness (QED) is 0.392. The lowest BCUT2D eigenvalue weighted by Crippen LogP contribution is -2.40. The van der Waals surface area contributed by atoms with Crippen molar-refractivity contribution in [2.45, 2.75) is 77.8 Å². The maximum absolute atomic E-state index is 2.81. The van der Waals surface area contributed by atoms with Gasteiger partial charge in [-0.15, -0.1) is 0 Å². The van der Waals surface area contributed by atoms with Gasteiger partial charge in [0.15, 0.2) is 22.0 Å². The molecule has 86 valence electrons. The summed E-state index contributed by atoms with van der Waals surface area (Å²) < 4.78 is 0. The minimum absolute atomic E-state index is 0.421. The van der Waals surface area contributed by atoms with Gasteiger partial charge in [-0.25, -0.2) is 0 Å². The molecule has 0 unspecified atom stereocenters. The molecule has 0 aromatic heterocycles. The first kappa shape index (κ1) is 15.2. The van der Waals surface area contributed by atoms with Crippen LogP contribution in [-0.4, -0.2) is 15.5 Å². The first-order chi connectivity index (χ1) is 5.75. The lowest BCUT2D eigenvalue weighted by Gasteiger charge is -2.49. The van der Waals surface area contributed by atoms with Gasteiger partial charge in [0.2, 0.25) is 0 Å². The molecule has 0 spiro atoms. The van der Waals surface area contributed by atoms with Gasteiger partial charge in [0, 0.05) is 0 Å². The van der Waals surface area contributed by atoms with E-state index in [-0.39, 0.29) is 0 Å². The third-order valence-electron chi connectivity index (χ3n) is 2.77. The third-order valence-corrected chi connectivity index (χ3v) is 21.3. The lowest BCUT2D eigenvalue weighted by molar-refractivity contribution is 0.641. The highest BCUT2D eigenvalue weighted by Gasteiger charge is 2.63. The van der Waals surface area contributed by atoms with Crippen LogP contribution in [0.5, 0.6) is 0 Å². The van der Waals surface area contributed by atoms with Crippen molar-refractivity contribution in [1.29, 1.82) is 0 Å². The van der Waals surface area contributed by atoms with E-state index in [1.807, 2.05) is 0 Å². The van der Waals surface area contributed by atoms with Crippen LogP contribution >= 0.6 is 26.9 Å². The molecule has 0 atom stereocenters. The van der Waals surface area contributed by atoms with E-state index >= 15 is 0 Å². The number of hydrogen-bond acceptors (Lipinski definition) is 0. The molecular weight excluding hydrogens is 302 g/mol. The van der Waals surface area contributed by atoms with Crippen molar-refractivity contribution in [2.24, 2.45) is 0 Å². The van der Waals surface area contributed by atoms with Gasteiger partial charge in [0.05, 0.1) is 20.4 Å². The molecule has 2 heteroatoms. The van der Waals surface area contributed by atoms with Gasteiger partial charge >= 0.3 is 0 Å². The molecule has 0 aliphatic rings. The molecular formula is C12H27IP+. The summed E-state index contributed by atoms with van der Waals surface area (Å²) in [6, 6.07) is 0. The number of halogens is 1. The van der Waals surface area contributed by atoms with E-state index < -0.39 is 4.90 Å². The Labute approximate surface area is 104 Å². The molecule has 0 aliphatic carbocycles. The molecule has 0 amide bonds. The van der Waals surface area contributed by atoms with E-state index in [9.17, 15) is 0 Å². The van der Waals surface area contributed by atoms with Crippen LogP contribution in [0, 0.1) is 0 Å². The first-order valence-electron chi connectivity index (χ1n) is 5.34. The van der Waals surface area contributed by atoms with E-state index in [2.05, 4.69) is 84.4 Å². The maximum Gasteiger partial charge on any atom is 0.156 e. The standard InChI is InChI=1S/C12H27IP/c1-10(2,3)14(13,11(4,5)6)12(7,8)9/h1-9H3/q+1. The molecule has 0 saturated heterocycles. The predicted octanol–water partition coefficient (Wildman–Crippen LogP) is 5.75. The Hall–Kier alpha value is 1.16. The first-order valence-corrected chi connectivity index (χ1v) is 9.91.